The van der Waals surface area contributed by atoms with E-state index in [2.05, 4.69) is 20.6 Å². The van der Waals surface area contributed by atoms with Gasteiger partial charge in [0.15, 0.2) is 0 Å². The van der Waals surface area contributed by atoms with Crippen LogP contribution in [0.25, 0.3) is 0 Å². The Balaban J connectivity index is 1.79. The van der Waals surface area contributed by atoms with E-state index in [9.17, 15) is 22.4 Å². The number of pyridine rings is 1. The molecule has 0 aliphatic carbocycles. The van der Waals surface area contributed by atoms with Gasteiger partial charge in [0.1, 0.15) is 5.82 Å². The highest BCUT2D eigenvalue weighted by Crippen LogP contribution is 2.29. The number of hydrogen-bond donors (Lipinski definition) is 2. The zero-order valence-corrected chi connectivity index (χ0v) is 15.4. The van der Waals surface area contributed by atoms with Crippen LogP contribution >= 0.6 is 0 Å². The zero-order chi connectivity index (χ0) is 21.6. The Kier molecular flexibility index (Phi) is 6.41. The Morgan fingerprint density at radius 1 is 1.00 bits per heavy atom. The minimum Gasteiger partial charge on any atom is -0.326 e. The number of rotatable bonds is 4. The molecular formula is C21H16F4N4O. The molecule has 30 heavy (non-hydrogen) atoms. The van der Waals surface area contributed by atoms with Crippen LogP contribution in [-0.4, -0.2) is 16.9 Å². The fourth-order valence-corrected chi connectivity index (χ4v) is 2.46. The lowest BCUT2D eigenvalue weighted by Crippen LogP contribution is -2.36. The molecule has 2 aromatic carbocycles. The molecule has 0 atom stereocenters. The summed E-state index contributed by atoms with van der Waals surface area (Å²) in [7, 11) is 0. The van der Waals surface area contributed by atoms with Crippen LogP contribution in [0, 0.1) is 5.82 Å². The topological polar surface area (TPSA) is 66.4 Å². The number of halogens is 4. The third kappa shape index (κ3) is 5.87. The second kappa shape index (κ2) is 9.17. The maximum absolute atomic E-state index is 13.5. The van der Waals surface area contributed by atoms with Gasteiger partial charge in [-0.2, -0.15) is 13.2 Å². The van der Waals surface area contributed by atoms with Gasteiger partial charge in [-0.05, 0) is 54.6 Å². The minimum absolute atomic E-state index is 0.00356. The van der Waals surface area contributed by atoms with Crippen molar-refractivity contribution in [2.45, 2.75) is 12.7 Å². The summed E-state index contributed by atoms with van der Waals surface area (Å²) in [6, 6.07) is 14.5. The molecule has 154 valence electrons. The van der Waals surface area contributed by atoms with Crippen molar-refractivity contribution in [3.63, 3.8) is 0 Å². The number of carbonyl (C=O) groups excluding carboxylic acids is 1. The van der Waals surface area contributed by atoms with Crippen molar-refractivity contribution >= 4 is 17.6 Å². The maximum Gasteiger partial charge on any atom is 0.416 e. The number of alkyl halides is 3. The molecule has 3 rings (SSSR count). The summed E-state index contributed by atoms with van der Waals surface area (Å²) < 4.78 is 51.6. The first kappa shape index (κ1) is 21.0. The largest absolute Gasteiger partial charge is 0.416 e. The third-order valence-electron chi connectivity index (χ3n) is 3.92. The number of benzene rings is 2. The number of aliphatic imine (C=N–C) groups is 1. The average Bonchev–Trinajstić information content (AvgIpc) is 2.72. The van der Waals surface area contributed by atoms with Gasteiger partial charge in [0, 0.05) is 17.4 Å². The van der Waals surface area contributed by atoms with Crippen molar-refractivity contribution in [1.82, 2.24) is 10.3 Å². The molecule has 0 radical (unpaired) electrons. The molecule has 5 nitrogen and oxygen atoms in total. The normalized spacial score (nSPS) is 11.8. The molecule has 1 amide bonds. The van der Waals surface area contributed by atoms with Crippen molar-refractivity contribution in [3.8, 4) is 0 Å². The maximum atomic E-state index is 13.5. The first-order chi connectivity index (χ1) is 14.3. The SMILES string of the molecule is O=C(NC(=NCc1ccccn1)Nc1cccc(F)c1)c1ccc(C(F)(F)F)cc1. The third-order valence-corrected chi connectivity index (χ3v) is 3.92. The summed E-state index contributed by atoms with van der Waals surface area (Å²) in [5.41, 5.74) is 0.109. The first-order valence-electron chi connectivity index (χ1n) is 8.77. The Hall–Kier alpha value is -3.75. The summed E-state index contributed by atoms with van der Waals surface area (Å²) in [6.45, 7) is 0.117. The van der Waals surface area contributed by atoms with Crippen LogP contribution in [-0.2, 0) is 12.7 Å². The van der Waals surface area contributed by atoms with Crippen molar-refractivity contribution < 1.29 is 22.4 Å². The van der Waals surface area contributed by atoms with E-state index in [1.807, 2.05) is 0 Å². The summed E-state index contributed by atoms with van der Waals surface area (Å²) >= 11 is 0. The molecule has 0 bridgehead atoms. The molecule has 3 aromatic rings. The van der Waals surface area contributed by atoms with Gasteiger partial charge >= 0.3 is 6.18 Å². The monoisotopic (exact) mass is 416 g/mol. The molecule has 0 unspecified atom stereocenters. The van der Waals surface area contributed by atoms with E-state index < -0.39 is 23.5 Å². The van der Waals surface area contributed by atoms with E-state index in [0.29, 0.717) is 11.4 Å². The molecule has 0 fully saturated rings. The van der Waals surface area contributed by atoms with Gasteiger partial charge < -0.3 is 5.32 Å². The van der Waals surface area contributed by atoms with E-state index in [1.54, 1.807) is 30.5 Å². The van der Waals surface area contributed by atoms with Gasteiger partial charge in [0.25, 0.3) is 5.91 Å². The van der Waals surface area contributed by atoms with Crippen LogP contribution in [0.1, 0.15) is 21.6 Å². The Morgan fingerprint density at radius 2 is 1.77 bits per heavy atom. The molecule has 0 saturated carbocycles. The molecular weight excluding hydrogens is 400 g/mol. The van der Waals surface area contributed by atoms with Crippen LogP contribution < -0.4 is 10.6 Å². The Labute approximate surface area is 169 Å². The number of aromatic nitrogens is 1. The summed E-state index contributed by atoms with van der Waals surface area (Å²) in [5, 5.41) is 5.29. The van der Waals surface area contributed by atoms with Crippen LogP contribution in [0.3, 0.4) is 0 Å². The van der Waals surface area contributed by atoms with E-state index in [0.717, 1.165) is 24.3 Å². The lowest BCUT2D eigenvalue weighted by atomic mass is 10.1. The van der Waals surface area contributed by atoms with Gasteiger partial charge in [-0.25, -0.2) is 9.38 Å². The molecule has 9 heteroatoms. The predicted molar refractivity (Wildman–Crippen MR) is 104 cm³/mol. The molecule has 0 aliphatic heterocycles. The van der Waals surface area contributed by atoms with E-state index in [4.69, 9.17) is 0 Å². The summed E-state index contributed by atoms with van der Waals surface area (Å²) in [4.78, 5) is 20.9. The highest BCUT2D eigenvalue weighted by Gasteiger charge is 2.30. The number of amides is 1. The molecule has 1 aromatic heterocycles. The van der Waals surface area contributed by atoms with Gasteiger partial charge in [-0.1, -0.05) is 12.1 Å². The lowest BCUT2D eigenvalue weighted by Gasteiger charge is -2.12. The van der Waals surface area contributed by atoms with Crippen molar-refractivity contribution in [2.75, 3.05) is 5.32 Å². The van der Waals surface area contributed by atoms with Crippen LogP contribution in [0.15, 0.2) is 77.9 Å². The van der Waals surface area contributed by atoms with Crippen molar-refractivity contribution in [1.29, 1.82) is 0 Å². The second-order valence-electron chi connectivity index (χ2n) is 6.15. The minimum atomic E-state index is -4.50. The molecule has 2 N–H and O–H groups in total. The van der Waals surface area contributed by atoms with E-state index >= 15 is 0 Å². The number of guanidine groups is 1. The van der Waals surface area contributed by atoms with Crippen molar-refractivity contribution in [2.24, 2.45) is 4.99 Å². The van der Waals surface area contributed by atoms with Gasteiger partial charge in [-0.3, -0.25) is 15.1 Å². The average molecular weight is 416 g/mol. The molecule has 0 saturated heterocycles. The van der Waals surface area contributed by atoms with Gasteiger partial charge in [0.2, 0.25) is 5.96 Å². The van der Waals surface area contributed by atoms with Crippen molar-refractivity contribution in [3.05, 3.63) is 95.6 Å². The van der Waals surface area contributed by atoms with E-state index in [-0.39, 0.29) is 18.1 Å². The first-order valence-corrected chi connectivity index (χ1v) is 8.77. The lowest BCUT2D eigenvalue weighted by molar-refractivity contribution is -0.137. The molecule has 0 spiro atoms. The summed E-state index contributed by atoms with van der Waals surface area (Å²) in [6.07, 6.45) is -2.91. The number of nitrogens with one attached hydrogen (secondary N) is 2. The fourth-order valence-electron chi connectivity index (χ4n) is 2.46. The van der Waals surface area contributed by atoms with Gasteiger partial charge in [0.05, 0.1) is 17.8 Å². The standard InChI is InChI=1S/C21H16F4N4O/c22-16-4-3-6-17(12-16)28-20(27-13-18-5-1-2-11-26-18)29-19(30)14-7-9-15(10-8-14)21(23,24)25/h1-12H,13H2,(H2,27,28,29,30). The second-order valence-corrected chi connectivity index (χ2v) is 6.15. The predicted octanol–water partition coefficient (Wildman–Crippen LogP) is 4.64. The zero-order valence-electron chi connectivity index (χ0n) is 15.4. The smallest absolute Gasteiger partial charge is 0.326 e. The fraction of sp³-hybridized carbons (Fsp3) is 0.0952. The Morgan fingerprint density at radius 3 is 2.40 bits per heavy atom. The summed E-state index contributed by atoms with van der Waals surface area (Å²) in [5.74, 6) is -1.17. The molecule has 0 aliphatic rings. The number of anilines is 1. The number of carbonyl (C=O) groups is 1. The molecule has 1 heterocycles. The number of nitrogens with zero attached hydrogens (tertiary/aromatic N) is 2. The highest BCUT2D eigenvalue weighted by molar-refractivity contribution is 6.09. The highest BCUT2D eigenvalue weighted by atomic mass is 19.4. The van der Waals surface area contributed by atoms with Crippen LogP contribution in [0.2, 0.25) is 0 Å². The Bertz CT molecular complexity index is 1030. The number of hydrogen-bond acceptors (Lipinski definition) is 3. The quantitative estimate of drug-likeness (QED) is 0.370. The van der Waals surface area contributed by atoms with Crippen LogP contribution in [0.4, 0.5) is 23.2 Å². The van der Waals surface area contributed by atoms with Gasteiger partial charge in [-0.15, -0.1) is 0 Å². The van der Waals surface area contributed by atoms with E-state index in [1.165, 1.54) is 18.2 Å². The van der Waals surface area contributed by atoms with Crippen LogP contribution in [0.5, 0.6) is 0 Å².